The highest BCUT2D eigenvalue weighted by Gasteiger charge is 2.48. The molecule has 0 saturated heterocycles. The maximum absolute atomic E-state index is 5.42. The first-order valence-electron chi connectivity index (χ1n) is 13.2. The van der Waals surface area contributed by atoms with Crippen LogP contribution >= 0.6 is 22.7 Å². The second-order valence-corrected chi connectivity index (χ2v) is 20.0. The van der Waals surface area contributed by atoms with Crippen molar-refractivity contribution in [2.45, 2.75) is 125 Å². The molecule has 0 aliphatic rings. The summed E-state index contributed by atoms with van der Waals surface area (Å²) in [6.07, 6.45) is 0.987. The van der Waals surface area contributed by atoms with E-state index in [-0.39, 0.29) is 5.41 Å². The molecule has 2 heterocycles. The first kappa shape index (κ1) is 28.7. The topological polar surface area (TPSA) is 25.8 Å². The Morgan fingerprint density at radius 3 is 1.52 bits per heavy atom. The van der Waals surface area contributed by atoms with Gasteiger partial charge in [-0.1, -0.05) is 90.0 Å². The Kier molecular flexibility index (Phi) is 9.24. The van der Waals surface area contributed by atoms with E-state index in [1.54, 1.807) is 0 Å². The molecule has 0 aliphatic heterocycles. The smallest absolute Gasteiger partial charge is 0.131 e. The van der Waals surface area contributed by atoms with Gasteiger partial charge in [-0.15, -0.1) is 22.7 Å². The standard InChI is InChI=1S/C28H50N2S2Si/c1-15-23-25(32-27(30-23)33(19(8)9,20(10)11)21(12)13)24-22(14)29-26(31-24)28(16(2)3,17(4)5)18(6)7/h16-21H,15H2,1-14H3. The first-order valence-corrected chi connectivity index (χ1v) is 17.0. The van der Waals surface area contributed by atoms with E-state index >= 15 is 0 Å². The Morgan fingerprint density at radius 2 is 1.15 bits per heavy atom. The van der Waals surface area contributed by atoms with Gasteiger partial charge in [0.05, 0.1) is 25.8 Å². The molecule has 188 valence electrons. The predicted molar refractivity (Wildman–Crippen MR) is 154 cm³/mol. The van der Waals surface area contributed by atoms with Crippen molar-refractivity contribution in [2.75, 3.05) is 0 Å². The van der Waals surface area contributed by atoms with Gasteiger partial charge >= 0.3 is 0 Å². The number of nitrogens with zero attached hydrogens (tertiary/aromatic N) is 2. The molecule has 0 aromatic carbocycles. The molecule has 5 heteroatoms. The lowest BCUT2D eigenvalue weighted by Crippen LogP contribution is -2.55. The lowest BCUT2D eigenvalue weighted by atomic mass is 9.62. The van der Waals surface area contributed by atoms with Crippen LogP contribution in [0.1, 0.15) is 106 Å². The number of aryl methyl sites for hydroxylation is 2. The average molecular weight is 507 g/mol. The zero-order valence-corrected chi connectivity index (χ0v) is 26.5. The van der Waals surface area contributed by atoms with Crippen LogP contribution in [0.25, 0.3) is 9.75 Å². The third kappa shape index (κ3) is 4.56. The molecule has 0 amide bonds. The SMILES string of the molecule is CCc1nc([Si](C(C)C)(C(C)C)C(C)C)sc1-c1sc(C(C(C)C)(C(C)C)C(C)C)nc1C. The Hall–Kier alpha value is -0.523. The molecule has 0 spiro atoms. The van der Waals surface area contributed by atoms with Gasteiger partial charge in [0, 0.05) is 5.41 Å². The van der Waals surface area contributed by atoms with Gasteiger partial charge in [0.1, 0.15) is 13.1 Å². The summed E-state index contributed by atoms with van der Waals surface area (Å²) >= 11 is 3.97. The molecular formula is C28H50N2S2Si. The molecular weight excluding hydrogens is 457 g/mol. The van der Waals surface area contributed by atoms with E-state index in [1.807, 2.05) is 22.7 Å². The summed E-state index contributed by atoms with van der Waals surface area (Å²) in [5, 5.41) is 1.33. The minimum atomic E-state index is -1.77. The summed E-state index contributed by atoms with van der Waals surface area (Å²) in [7, 11) is -1.77. The monoisotopic (exact) mass is 506 g/mol. The van der Waals surface area contributed by atoms with Crippen molar-refractivity contribution in [3.05, 3.63) is 16.4 Å². The molecule has 2 aromatic heterocycles. The van der Waals surface area contributed by atoms with E-state index in [9.17, 15) is 0 Å². The Morgan fingerprint density at radius 1 is 0.697 bits per heavy atom. The molecule has 2 nitrogen and oxygen atoms in total. The van der Waals surface area contributed by atoms with Crippen LogP contribution in [0.5, 0.6) is 0 Å². The van der Waals surface area contributed by atoms with E-state index in [1.165, 1.54) is 30.8 Å². The molecule has 0 N–H and O–H groups in total. The highest BCUT2D eigenvalue weighted by molar-refractivity contribution is 7.31. The first-order chi connectivity index (χ1) is 15.2. The number of thiazole rings is 2. The van der Waals surface area contributed by atoms with Crippen LogP contribution < -0.4 is 4.63 Å². The van der Waals surface area contributed by atoms with Gasteiger partial charge in [-0.25, -0.2) is 4.98 Å². The van der Waals surface area contributed by atoms with Crippen molar-refractivity contribution in [1.29, 1.82) is 0 Å². The summed E-state index contributed by atoms with van der Waals surface area (Å²) in [5.74, 6) is 1.63. The van der Waals surface area contributed by atoms with Crippen LogP contribution in [0, 0.1) is 24.7 Å². The highest BCUT2D eigenvalue weighted by Crippen LogP contribution is 2.50. The van der Waals surface area contributed by atoms with Crippen molar-refractivity contribution in [1.82, 2.24) is 9.97 Å². The Bertz CT molecular complexity index is 875. The van der Waals surface area contributed by atoms with Gasteiger partial charge in [0.2, 0.25) is 0 Å². The highest BCUT2D eigenvalue weighted by atomic mass is 32.1. The molecule has 0 radical (unpaired) electrons. The fraction of sp³-hybridized carbons (Fsp3) is 0.786. The maximum Gasteiger partial charge on any atom is 0.131 e. The average Bonchev–Trinajstić information content (AvgIpc) is 3.24. The summed E-state index contributed by atoms with van der Waals surface area (Å²) in [4.78, 5) is 13.5. The normalized spacial score (nSPS) is 13.7. The minimum Gasteiger partial charge on any atom is -0.251 e. The fourth-order valence-corrected chi connectivity index (χ4v) is 19.0. The van der Waals surface area contributed by atoms with Crippen molar-refractivity contribution < 1.29 is 0 Å². The van der Waals surface area contributed by atoms with Crippen LogP contribution in [0.2, 0.25) is 16.6 Å². The van der Waals surface area contributed by atoms with E-state index in [0.29, 0.717) is 34.4 Å². The fourth-order valence-electron chi connectivity index (χ4n) is 7.23. The number of rotatable bonds is 10. The Balaban J connectivity index is 2.79. The van der Waals surface area contributed by atoms with Gasteiger partial charge in [0.25, 0.3) is 0 Å². The number of hydrogen-bond donors (Lipinski definition) is 0. The largest absolute Gasteiger partial charge is 0.251 e. The van der Waals surface area contributed by atoms with E-state index < -0.39 is 8.07 Å². The molecule has 2 aromatic rings. The third-order valence-corrected chi connectivity index (χ3v) is 18.9. The zero-order chi connectivity index (χ0) is 25.5. The lowest BCUT2D eigenvalue weighted by Gasteiger charge is -2.43. The molecule has 0 atom stereocenters. The maximum atomic E-state index is 5.42. The van der Waals surface area contributed by atoms with Gasteiger partial charge in [-0.05, 0) is 47.7 Å². The molecule has 0 bridgehead atoms. The van der Waals surface area contributed by atoms with E-state index in [0.717, 1.165) is 6.42 Å². The Labute approximate surface area is 214 Å². The summed E-state index contributed by atoms with van der Waals surface area (Å²) in [6.45, 7) is 33.4. The van der Waals surface area contributed by atoms with Gasteiger partial charge in [-0.3, -0.25) is 4.98 Å². The second kappa shape index (κ2) is 10.6. The molecule has 0 saturated carbocycles. The van der Waals surface area contributed by atoms with Crippen LogP contribution in [0.4, 0.5) is 0 Å². The second-order valence-electron chi connectivity index (χ2n) is 11.9. The lowest BCUT2D eigenvalue weighted by molar-refractivity contribution is 0.147. The van der Waals surface area contributed by atoms with Crippen molar-refractivity contribution in [2.24, 2.45) is 17.8 Å². The van der Waals surface area contributed by atoms with Crippen LogP contribution in [-0.2, 0) is 11.8 Å². The molecule has 0 aliphatic carbocycles. The molecule has 33 heavy (non-hydrogen) atoms. The molecule has 2 rings (SSSR count). The van der Waals surface area contributed by atoms with Gasteiger partial charge in [0.15, 0.2) is 0 Å². The minimum absolute atomic E-state index is 0.0971. The van der Waals surface area contributed by atoms with Gasteiger partial charge in [-0.2, -0.15) is 0 Å². The van der Waals surface area contributed by atoms with E-state index in [4.69, 9.17) is 9.97 Å². The summed E-state index contributed by atoms with van der Waals surface area (Å²) in [5.41, 5.74) is 4.60. The number of hydrogen-bond acceptors (Lipinski definition) is 4. The predicted octanol–water partition coefficient (Wildman–Crippen LogP) is 9.23. The summed E-state index contributed by atoms with van der Waals surface area (Å²) in [6, 6.07) is 0. The van der Waals surface area contributed by atoms with Crippen molar-refractivity contribution in [3.8, 4) is 9.75 Å². The zero-order valence-electron chi connectivity index (χ0n) is 23.9. The van der Waals surface area contributed by atoms with Gasteiger partial charge < -0.3 is 0 Å². The number of aromatic nitrogens is 2. The molecule has 0 fully saturated rings. The third-order valence-electron chi connectivity index (χ3n) is 8.51. The quantitative estimate of drug-likeness (QED) is 0.300. The molecule has 0 unspecified atom stereocenters. The van der Waals surface area contributed by atoms with Crippen LogP contribution in [0.3, 0.4) is 0 Å². The van der Waals surface area contributed by atoms with Crippen LogP contribution in [0.15, 0.2) is 0 Å². The van der Waals surface area contributed by atoms with Crippen molar-refractivity contribution in [3.63, 3.8) is 0 Å². The van der Waals surface area contributed by atoms with Crippen molar-refractivity contribution >= 4 is 35.4 Å². The van der Waals surface area contributed by atoms with E-state index in [2.05, 4.69) is 96.9 Å². The summed E-state index contributed by atoms with van der Waals surface area (Å²) < 4.78 is 1.46. The van der Waals surface area contributed by atoms with Crippen LogP contribution in [-0.4, -0.2) is 18.0 Å².